The third kappa shape index (κ3) is 2.57. The van der Waals surface area contributed by atoms with Gasteiger partial charge in [-0.1, -0.05) is 0 Å². The van der Waals surface area contributed by atoms with Gasteiger partial charge in [0.2, 0.25) is 0 Å². The predicted molar refractivity (Wildman–Crippen MR) is 72.4 cm³/mol. The second-order valence-electron chi connectivity index (χ2n) is 3.74. The van der Waals surface area contributed by atoms with Crippen LogP contribution in [0.25, 0.3) is 0 Å². The maximum atomic E-state index is 12.0. The van der Waals surface area contributed by atoms with E-state index in [0.29, 0.717) is 0 Å². The maximum Gasteiger partial charge on any atom is 0.271 e. The second kappa shape index (κ2) is 4.51. The normalized spacial score (nSPS) is 11.4. The zero-order chi connectivity index (χ0) is 13.3. The van der Waals surface area contributed by atoms with Gasteiger partial charge in [-0.3, -0.25) is 4.72 Å². The van der Waals surface area contributed by atoms with Crippen LogP contribution in [0.5, 0.6) is 5.75 Å². The van der Waals surface area contributed by atoms with E-state index in [0.717, 1.165) is 4.88 Å². The van der Waals surface area contributed by atoms with Gasteiger partial charge in [-0.05, 0) is 31.2 Å². The van der Waals surface area contributed by atoms with Crippen molar-refractivity contribution in [1.29, 1.82) is 0 Å². The van der Waals surface area contributed by atoms with Crippen molar-refractivity contribution in [3.05, 3.63) is 35.2 Å². The van der Waals surface area contributed by atoms with Gasteiger partial charge in [-0.25, -0.2) is 8.42 Å². The van der Waals surface area contributed by atoms with Crippen LogP contribution in [0, 0.1) is 6.92 Å². The summed E-state index contributed by atoms with van der Waals surface area (Å²) in [5.74, 6) is -0.0117. The summed E-state index contributed by atoms with van der Waals surface area (Å²) >= 11 is 1.18. The number of nitrogen functional groups attached to an aromatic ring is 1. The van der Waals surface area contributed by atoms with E-state index >= 15 is 0 Å². The molecular weight excluding hydrogens is 272 g/mol. The fraction of sp³-hybridized carbons (Fsp3) is 0.0909. The number of hydrogen-bond acceptors (Lipinski definition) is 5. The molecule has 0 spiro atoms. The topological polar surface area (TPSA) is 92.4 Å². The largest absolute Gasteiger partial charge is 0.508 e. The van der Waals surface area contributed by atoms with E-state index in [2.05, 4.69) is 4.72 Å². The lowest BCUT2D eigenvalue weighted by Crippen LogP contribution is -2.12. The molecule has 0 aliphatic heterocycles. The van der Waals surface area contributed by atoms with Crippen molar-refractivity contribution in [3.8, 4) is 5.75 Å². The molecule has 0 aliphatic carbocycles. The molecule has 18 heavy (non-hydrogen) atoms. The highest BCUT2D eigenvalue weighted by atomic mass is 32.2. The van der Waals surface area contributed by atoms with Crippen molar-refractivity contribution in [2.45, 2.75) is 11.1 Å². The minimum absolute atomic E-state index is 0.0117. The van der Waals surface area contributed by atoms with Crippen molar-refractivity contribution in [2.75, 3.05) is 10.5 Å². The lowest BCUT2D eigenvalue weighted by Gasteiger charge is -2.09. The number of aryl methyl sites for hydroxylation is 1. The summed E-state index contributed by atoms with van der Waals surface area (Å²) in [5.41, 5.74) is 6.05. The molecule has 0 bridgehead atoms. The van der Waals surface area contributed by atoms with Crippen LogP contribution in [-0.4, -0.2) is 13.5 Å². The highest BCUT2D eigenvalue weighted by Gasteiger charge is 2.17. The molecule has 0 radical (unpaired) electrons. The Balaban J connectivity index is 2.33. The van der Waals surface area contributed by atoms with Gasteiger partial charge in [0.25, 0.3) is 10.0 Å². The molecule has 0 saturated heterocycles. The highest BCUT2D eigenvalue weighted by Crippen LogP contribution is 2.28. The van der Waals surface area contributed by atoms with Crippen LogP contribution in [0.4, 0.5) is 11.4 Å². The lowest BCUT2D eigenvalue weighted by molar-refractivity contribution is 0.475. The summed E-state index contributed by atoms with van der Waals surface area (Å²) in [6.07, 6.45) is 0. The van der Waals surface area contributed by atoms with Crippen LogP contribution >= 0.6 is 11.3 Å². The Kier molecular flexibility index (Phi) is 3.18. The van der Waals surface area contributed by atoms with E-state index in [4.69, 9.17) is 5.73 Å². The highest BCUT2D eigenvalue weighted by molar-refractivity contribution is 7.94. The molecule has 0 saturated carbocycles. The van der Waals surface area contributed by atoms with Gasteiger partial charge in [0, 0.05) is 10.9 Å². The van der Waals surface area contributed by atoms with Gasteiger partial charge in [0.05, 0.1) is 11.4 Å². The Morgan fingerprint density at radius 2 is 2.00 bits per heavy atom. The zero-order valence-electron chi connectivity index (χ0n) is 9.54. The third-order valence-electron chi connectivity index (χ3n) is 2.26. The quantitative estimate of drug-likeness (QED) is 0.594. The Hall–Kier alpha value is -1.73. The van der Waals surface area contributed by atoms with E-state index in [-0.39, 0.29) is 21.3 Å². The Labute approximate surface area is 109 Å². The van der Waals surface area contributed by atoms with Crippen molar-refractivity contribution >= 4 is 32.7 Å². The first-order chi connectivity index (χ1) is 8.38. The first-order valence-corrected chi connectivity index (χ1v) is 7.36. The Morgan fingerprint density at radius 1 is 1.28 bits per heavy atom. The smallest absolute Gasteiger partial charge is 0.271 e. The zero-order valence-corrected chi connectivity index (χ0v) is 11.2. The Bertz CT molecular complexity index is 677. The maximum absolute atomic E-state index is 12.0. The number of thiophene rings is 1. The number of nitrogens with one attached hydrogen (secondary N) is 1. The molecule has 2 aromatic rings. The average molecular weight is 284 g/mol. The number of rotatable bonds is 3. The SMILES string of the molecule is Cc1ccc(S(=O)(=O)Nc2ccc(O)cc2N)s1. The van der Waals surface area contributed by atoms with Crippen molar-refractivity contribution in [2.24, 2.45) is 0 Å². The fourth-order valence-electron chi connectivity index (χ4n) is 1.39. The number of aromatic hydroxyl groups is 1. The number of nitrogens with two attached hydrogens (primary N) is 1. The molecule has 5 nitrogen and oxygen atoms in total. The fourth-order valence-corrected chi connectivity index (χ4v) is 3.77. The minimum Gasteiger partial charge on any atom is -0.508 e. The molecule has 0 unspecified atom stereocenters. The molecule has 0 amide bonds. The van der Waals surface area contributed by atoms with Crippen LogP contribution in [-0.2, 0) is 10.0 Å². The lowest BCUT2D eigenvalue weighted by atomic mass is 10.2. The van der Waals surface area contributed by atoms with Gasteiger partial charge in [-0.15, -0.1) is 11.3 Å². The van der Waals surface area contributed by atoms with Crippen LogP contribution < -0.4 is 10.5 Å². The Morgan fingerprint density at radius 3 is 2.56 bits per heavy atom. The van der Waals surface area contributed by atoms with Crippen LogP contribution in [0.1, 0.15) is 4.88 Å². The van der Waals surface area contributed by atoms with Crippen molar-refractivity contribution < 1.29 is 13.5 Å². The molecule has 0 aliphatic rings. The van der Waals surface area contributed by atoms with E-state index < -0.39 is 10.0 Å². The summed E-state index contributed by atoms with van der Waals surface area (Å²) in [6.45, 7) is 1.83. The first kappa shape index (κ1) is 12.7. The summed E-state index contributed by atoms with van der Waals surface area (Å²) < 4.78 is 26.7. The summed E-state index contributed by atoms with van der Waals surface area (Å²) in [7, 11) is -3.62. The molecule has 2 rings (SSSR count). The summed E-state index contributed by atoms with van der Waals surface area (Å²) in [4.78, 5) is 0.911. The van der Waals surface area contributed by atoms with Crippen LogP contribution in [0.2, 0.25) is 0 Å². The van der Waals surface area contributed by atoms with Gasteiger partial charge in [-0.2, -0.15) is 0 Å². The molecule has 1 aromatic carbocycles. The van der Waals surface area contributed by atoms with Crippen molar-refractivity contribution in [1.82, 2.24) is 0 Å². The third-order valence-corrected chi connectivity index (χ3v) is 5.12. The molecule has 1 aromatic heterocycles. The molecule has 0 fully saturated rings. The number of phenols is 1. The van der Waals surface area contributed by atoms with E-state index in [1.165, 1.54) is 29.5 Å². The predicted octanol–water partition coefficient (Wildman–Crippen LogP) is 2.15. The van der Waals surface area contributed by atoms with Crippen LogP contribution in [0.3, 0.4) is 0 Å². The van der Waals surface area contributed by atoms with Crippen LogP contribution in [0.15, 0.2) is 34.5 Å². The first-order valence-electron chi connectivity index (χ1n) is 5.06. The number of phenolic OH excluding ortho intramolecular Hbond substituents is 1. The molecular formula is C11H12N2O3S2. The molecule has 0 atom stereocenters. The van der Waals surface area contributed by atoms with E-state index in [9.17, 15) is 13.5 Å². The monoisotopic (exact) mass is 284 g/mol. The van der Waals surface area contributed by atoms with Gasteiger partial charge >= 0.3 is 0 Å². The molecule has 1 heterocycles. The molecule has 96 valence electrons. The summed E-state index contributed by atoms with van der Waals surface area (Å²) in [6, 6.07) is 7.35. The second-order valence-corrected chi connectivity index (χ2v) is 6.94. The number of anilines is 2. The number of hydrogen-bond donors (Lipinski definition) is 3. The summed E-state index contributed by atoms with van der Waals surface area (Å²) in [5, 5.41) is 9.20. The average Bonchev–Trinajstić information content (AvgIpc) is 2.70. The van der Waals surface area contributed by atoms with Gasteiger partial charge in [0.1, 0.15) is 9.96 Å². The standard InChI is InChI=1S/C11H12N2O3S2/c1-7-2-5-11(17-7)18(15,16)13-10-4-3-8(14)6-9(10)12/h2-6,13-14H,12H2,1H3. The number of sulfonamides is 1. The van der Waals surface area contributed by atoms with Gasteiger partial charge < -0.3 is 10.8 Å². The van der Waals surface area contributed by atoms with E-state index in [1.54, 1.807) is 12.1 Å². The van der Waals surface area contributed by atoms with Crippen molar-refractivity contribution in [3.63, 3.8) is 0 Å². The van der Waals surface area contributed by atoms with Gasteiger partial charge in [0.15, 0.2) is 0 Å². The minimum atomic E-state index is -3.62. The molecule has 7 heteroatoms. The van der Waals surface area contributed by atoms with E-state index in [1.807, 2.05) is 6.92 Å². The molecule has 4 N–H and O–H groups in total. The number of benzene rings is 1.